The number of hydrogen-bond acceptors (Lipinski definition) is 2. The van der Waals surface area contributed by atoms with Gasteiger partial charge >= 0.3 is 0 Å². The molecule has 138 valence electrons. The van der Waals surface area contributed by atoms with Crippen molar-refractivity contribution in [2.24, 2.45) is 0 Å². The smallest absolute Gasteiger partial charge is 0.232 e. The van der Waals surface area contributed by atoms with Gasteiger partial charge in [0.1, 0.15) is 6.42 Å². The molecular formula is C20H22Cl2N2O2. The topological polar surface area (TPSA) is 49.4 Å². The molecule has 0 heterocycles. The first kappa shape index (κ1) is 20.3. The van der Waals surface area contributed by atoms with Gasteiger partial charge in [0.25, 0.3) is 0 Å². The molecule has 0 saturated carbocycles. The first-order chi connectivity index (χ1) is 12.5. The minimum absolute atomic E-state index is 0.158. The summed E-state index contributed by atoms with van der Waals surface area (Å²) in [6.45, 7) is 3.38. The summed E-state index contributed by atoms with van der Waals surface area (Å²) in [4.78, 5) is 26.1. The largest absolute Gasteiger partial charge is 0.355 e. The van der Waals surface area contributed by atoms with Gasteiger partial charge in [-0.1, -0.05) is 59.6 Å². The predicted octanol–water partition coefficient (Wildman–Crippen LogP) is 4.09. The molecule has 2 amide bonds. The Bertz CT molecular complexity index is 751. The Labute approximate surface area is 164 Å². The molecule has 0 aliphatic rings. The maximum Gasteiger partial charge on any atom is 0.232 e. The summed E-state index contributed by atoms with van der Waals surface area (Å²) in [7, 11) is 0. The van der Waals surface area contributed by atoms with Gasteiger partial charge in [-0.3, -0.25) is 9.59 Å². The van der Waals surface area contributed by atoms with Gasteiger partial charge in [-0.25, -0.2) is 0 Å². The fourth-order valence-electron chi connectivity index (χ4n) is 2.55. The second kappa shape index (κ2) is 10.2. The van der Waals surface area contributed by atoms with Crippen molar-refractivity contribution in [1.82, 2.24) is 10.2 Å². The van der Waals surface area contributed by atoms with Gasteiger partial charge in [0.05, 0.1) is 0 Å². The van der Waals surface area contributed by atoms with Crippen molar-refractivity contribution in [3.63, 3.8) is 0 Å². The van der Waals surface area contributed by atoms with E-state index in [-0.39, 0.29) is 18.2 Å². The number of amides is 2. The molecule has 0 fully saturated rings. The summed E-state index contributed by atoms with van der Waals surface area (Å²) >= 11 is 12.0. The van der Waals surface area contributed by atoms with Crippen molar-refractivity contribution in [2.75, 3.05) is 13.1 Å². The molecule has 2 aromatic rings. The quantitative estimate of drug-likeness (QED) is 0.687. The van der Waals surface area contributed by atoms with Crippen LogP contribution in [0.3, 0.4) is 0 Å². The Morgan fingerprint density at radius 3 is 2.46 bits per heavy atom. The van der Waals surface area contributed by atoms with Gasteiger partial charge in [0, 0.05) is 29.7 Å². The van der Waals surface area contributed by atoms with E-state index in [9.17, 15) is 9.59 Å². The molecule has 0 saturated heterocycles. The lowest BCUT2D eigenvalue weighted by atomic mass is 10.1. The number of carbonyl (C=O) groups is 2. The minimum atomic E-state index is -0.286. The molecule has 0 bridgehead atoms. The lowest BCUT2D eigenvalue weighted by Crippen LogP contribution is -2.35. The molecular weight excluding hydrogens is 371 g/mol. The maximum absolute atomic E-state index is 12.3. The molecule has 1 N–H and O–H groups in total. The third-order valence-electron chi connectivity index (χ3n) is 3.99. The van der Waals surface area contributed by atoms with Crippen LogP contribution >= 0.6 is 23.2 Å². The van der Waals surface area contributed by atoms with Gasteiger partial charge in [-0.2, -0.15) is 0 Å². The highest BCUT2D eigenvalue weighted by Crippen LogP contribution is 2.21. The first-order valence-electron chi connectivity index (χ1n) is 8.52. The highest BCUT2D eigenvalue weighted by Gasteiger charge is 2.16. The summed E-state index contributed by atoms with van der Waals surface area (Å²) in [6.07, 6.45) is 0.423. The van der Waals surface area contributed by atoms with E-state index in [1.807, 2.05) is 43.3 Å². The van der Waals surface area contributed by atoms with Crippen LogP contribution in [0.25, 0.3) is 0 Å². The van der Waals surface area contributed by atoms with Crippen LogP contribution in [0.2, 0.25) is 10.0 Å². The van der Waals surface area contributed by atoms with Crippen LogP contribution < -0.4 is 5.32 Å². The first-order valence-corrected chi connectivity index (χ1v) is 9.27. The maximum atomic E-state index is 12.3. The van der Waals surface area contributed by atoms with Crippen LogP contribution in [0.5, 0.6) is 0 Å². The normalized spacial score (nSPS) is 10.4. The average Bonchev–Trinajstić information content (AvgIpc) is 2.62. The molecule has 4 nitrogen and oxygen atoms in total. The third kappa shape index (κ3) is 6.36. The number of nitrogens with zero attached hydrogens (tertiary/aromatic N) is 1. The number of rotatable bonds is 8. The molecule has 26 heavy (non-hydrogen) atoms. The Balaban J connectivity index is 1.79. The van der Waals surface area contributed by atoms with E-state index in [0.29, 0.717) is 36.1 Å². The fraction of sp³-hybridized carbons (Fsp3) is 0.300. The molecule has 6 heteroatoms. The third-order valence-corrected chi connectivity index (χ3v) is 4.58. The van der Waals surface area contributed by atoms with Crippen molar-refractivity contribution in [2.45, 2.75) is 26.3 Å². The van der Waals surface area contributed by atoms with Gasteiger partial charge in [-0.05, 0) is 36.6 Å². The monoisotopic (exact) mass is 392 g/mol. The fourth-order valence-corrected chi connectivity index (χ4v) is 3.06. The van der Waals surface area contributed by atoms with E-state index in [0.717, 1.165) is 11.1 Å². The number of hydrogen-bond donors (Lipinski definition) is 1. The average molecular weight is 393 g/mol. The molecule has 0 aliphatic heterocycles. The summed E-state index contributed by atoms with van der Waals surface area (Å²) in [5.41, 5.74) is 1.95. The summed E-state index contributed by atoms with van der Waals surface area (Å²) in [5, 5.41) is 3.92. The van der Waals surface area contributed by atoms with Crippen LogP contribution in [-0.2, 0) is 22.6 Å². The standard InChI is InChI=1S/C20H22Cl2N2O2/c1-2-24(14-15-6-4-3-5-7-15)20(26)13-19(25)23-11-10-16-8-9-17(21)12-18(16)22/h3-9,12H,2,10-11,13-14H2,1H3,(H,23,25). The Morgan fingerprint density at radius 2 is 1.81 bits per heavy atom. The zero-order chi connectivity index (χ0) is 18.9. The van der Waals surface area contributed by atoms with Gasteiger partial charge in [0.15, 0.2) is 0 Å². The van der Waals surface area contributed by atoms with E-state index in [2.05, 4.69) is 5.32 Å². The molecule has 0 aliphatic carbocycles. The van der Waals surface area contributed by atoms with Crippen LogP contribution in [0, 0.1) is 0 Å². The van der Waals surface area contributed by atoms with E-state index >= 15 is 0 Å². The van der Waals surface area contributed by atoms with Crippen LogP contribution in [-0.4, -0.2) is 29.8 Å². The van der Waals surface area contributed by atoms with E-state index in [1.165, 1.54) is 0 Å². The van der Waals surface area contributed by atoms with Crippen molar-refractivity contribution in [3.8, 4) is 0 Å². The molecule has 0 spiro atoms. The molecule has 0 atom stereocenters. The molecule has 2 aromatic carbocycles. The molecule has 0 aromatic heterocycles. The second-order valence-electron chi connectivity index (χ2n) is 5.91. The molecule has 2 rings (SSSR count). The van der Waals surface area contributed by atoms with Gasteiger partial charge in [0.2, 0.25) is 11.8 Å². The molecule has 0 unspecified atom stereocenters. The van der Waals surface area contributed by atoms with Crippen molar-refractivity contribution >= 4 is 35.0 Å². The minimum Gasteiger partial charge on any atom is -0.355 e. The summed E-state index contributed by atoms with van der Waals surface area (Å²) in [5.74, 6) is -0.468. The Hall–Kier alpha value is -2.04. The lowest BCUT2D eigenvalue weighted by molar-refractivity contribution is -0.136. The summed E-state index contributed by atoms with van der Waals surface area (Å²) < 4.78 is 0. The SMILES string of the molecule is CCN(Cc1ccccc1)C(=O)CC(=O)NCCc1ccc(Cl)cc1Cl. The zero-order valence-electron chi connectivity index (χ0n) is 14.7. The number of nitrogens with one attached hydrogen (secondary N) is 1. The van der Waals surface area contributed by atoms with Crippen LogP contribution in [0.15, 0.2) is 48.5 Å². The van der Waals surface area contributed by atoms with Gasteiger partial charge < -0.3 is 10.2 Å². The molecule has 0 radical (unpaired) electrons. The summed E-state index contributed by atoms with van der Waals surface area (Å²) in [6, 6.07) is 15.0. The van der Waals surface area contributed by atoms with E-state index in [1.54, 1.807) is 17.0 Å². The number of benzene rings is 2. The number of carbonyl (C=O) groups excluding carboxylic acids is 2. The van der Waals surface area contributed by atoms with Crippen molar-refractivity contribution in [1.29, 1.82) is 0 Å². The number of halogens is 2. The van der Waals surface area contributed by atoms with Crippen molar-refractivity contribution < 1.29 is 9.59 Å². The Kier molecular flexibility index (Phi) is 7.95. The predicted molar refractivity (Wildman–Crippen MR) is 105 cm³/mol. The van der Waals surface area contributed by atoms with E-state index in [4.69, 9.17) is 23.2 Å². The van der Waals surface area contributed by atoms with Gasteiger partial charge in [-0.15, -0.1) is 0 Å². The Morgan fingerprint density at radius 1 is 1.08 bits per heavy atom. The van der Waals surface area contributed by atoms with Crippen LogP contribution in [0.4, 0.5) is 0 Å². The van der Waals surface area contributed by atoms with Crippen LogP contribution in [0.1, 0.15) is 24.5 Å². The van der Waals surface area contributed by atoms with Crippen molar-refractivity contribution in [3.05, 3.63) is 69.7 Å². The zero-order valence-corrected chi connectivity index (χ0v) is 16.2. The van der Waals surface area contributed by atoms with E-state index < -0.39 is 0 Å². The highest BCUT2D eigenvalue weighted by molar-refractivity contribution is 6.35. The second-order valence-corrected chi connectivity index (χ2v) is 6.75. The lowest BCUT2D eigenvalue weighted by Gasteiger charge is -2.20. The highest BCUT2D eigenvalue weighted by atomic mass is 35.5.